The molecule has 34 heavy (non-hydrogen) atoms. The van der Waals surface area contributed by atoms with E-state index in [-0.39, 0.29) is 39.6 Å². The molecule has 0 saturated carbocycles. The minimum atomic E-state index is -5.29. The van der Waals surface area contributed by atoms with Crippen LogP contribution in [-0.2, 0) is 22.4 Å². The lowest BCUT2D eigenvalue weighted by atomic mass is 10.1. The van der Waals surface area contributed by atoms with E-state index in [1.54, 1.807) is 0 Å². The average molecular weight is 547 g/mol. The van der Waals surface area contributed by atoms with E-state index >= 15 is 0 Å². The molecule has 3 aromatic rings. The number of hydrogen-bond donors (Lipinski definition) is 1. The fraction of sp³-hybridized carbons (Fsp3) is 0.167. The Morgan fingerprint density at radius 1 is 0.971 bits per heavy atom. The Labute approximate surface area is 197 Å². The van der Waals surface area contributed by atoms with Gasteiger partial charge in [0.05, 0.1) is 32.4 Å². The van der Waals surface area contributed by atoms with E-state index in [9.17, 15) is 39.6 Å². The number of nitrogens with one attached hydrogen (secondary N) is 1. The number of carbonyl (C=O) groups is 1. The maximum absolute atomic E-state index is 13.0. The summed E-state index contributed by atoms with van der Waals surface area (Å²) in [5.74, 6) is -1.45. The summed E-state index contributed by atoms with van der Waals surface area (Å²) >= 11 is 11.9. The van der Waals surface area contributed by atoms with Crippen molar-refractivity contribution < 1.29 is 39.6 Å². The molecule has 0 radical (unpaired) electrons. The molecule has 0 aliphatic carbocycles. The van der Waals surface area contributed by atoms with Gasteiger partial charge in [-0.05, 0) is 43.3 Å². The Morgan fingerprint density at radius 3 is 2.06 bits per heavy atom. The zero-order valence-electron chi connectivity index (χ0n) is 16.5. The Balaban J connectivity index is 2.00. The minimum Gasteiger partial charge on any atom is -0.266 e. The summed E-state index contributed by atoms with van der Waals surface area (Å²) in [5, 5.41) is 7.59. The van der Waals surface area contributed by atoms with Gasteiger partial charge in [0.25, 0.3) is 15.9 Å². The van der Waals surface area contributed by atoms with E-state index < -0.39 is 50.0 Å². The number of carbonyl (C=O) groups excluding carboxylic acids is 1. The Morgan fingerprint density at radius 2 is 1.53 bits per heavy atom. The fourth-order valence-electron chi connectivity index (χ4n) is 2.73. The van der Waals surface area contributed by atoms with Gasteiger partial charge < -0.3 is 0 Å². The van der Waals surface area contributed by atoms with Crippen LogP contribution in [0, 0.1) is 6.92 Å². The zero-order chi connectivity index (χ0) is 25.6. The van der Waals surface area contributed by atoms with Gasteiger partial charge in [0.1, 0.15) is 0 Å². The monoisotopic (exact) mass is 546 g/mol. The first-order chi connectivity index (χ1) is 15.5. The van der Waals surface area contributed by atoms with E-state index in [4.69, 9.17) is 23.2 Å². The van der Waals surface area contributed by atoms with Crippen molar-refractivity contribution in [3.63, 3.8) is 0 Å². The summed E-state index contributed by atoms with van der Waals surface area (Å²) in [6, 6.07) is 3.94. The summed E-state index contributed by atoms with van der Waals surface area (Å²) in [6.07, 6.45) is -10.6. The van der Waals surface area contributed by atoms with Crippen LogP contribution in [0.2, 0.25) is 10.0 Å². The summed E-state index contributed by atoms with van der Waals surface area (Å²) in [5.41, 5.74) is -4.19. The maximum Gasteiger partial charge on any atom is 0.416 e. The molecule has 1 heterocycles. The molecule has 0 saturated heterocycles. The number of rotatable bonds is 4. The second-order valence-corrected chi connectivity index (χ2v) is 9.23. The second kappa shape index (κ2) is 8.74. The molecule has 2 aromatic carbocycles. The van der Waals surface area contributed by atoms with Crippen molar-refractivity contribution in [2.45, 2.75) is 24.2 Å². The first-order valence-electron chi connectivity index (χ1n) is 8.75. The number of hydrogen-bond acceptors (Lipinski definition) is 5. The predicted octanol–water partition coefficient (Wildman–Crippen LogP) is 5.04. The normalized spacial score (nSPS) is 12.6. The number of halogens is 8. The smallest absolute Gasteiger partial charge is 0.266 e. The minimum absolute atomic E-state index is 0.0275. The van der Waals surface area contributed by atoms with Gasteiger partial charge in [-0.15, -0.1) is 5.10 Å². The number of nitrogens with zero attached hydrogens (tertiary/aromatic N) is 3. The topological polar surface area (TPSA) is 93.9 Å². The number of sulfonamides is 1. The van der Waals surface area contributed by atoms with E-state index in [1.165, 1.54) is 29.8 Å². The highest BCUT2D eigenvalue weighted by Gasteiger charge is 2.38. The fourth-order valence-corrected chi connectivity index (χ4v) is 4.11. The number of alkyl halides is 6. The first kappa shape index (κ1) is 25.8. The summed E-state index contributed by atoms with van der Waals surface area (Å²) < 4.78 is 106. The van der Waals surface area contributed by atoms with E-state index in [2.05, 4.69) is 10.3 Å². The lowest BCUT2D eigenvalue weighted by Crippen LogP contribution is -2.32. The van der Waals surface area contributed by atoms with Gasteiger partial charge in [-0.3, -0.25) is 4.79 Å². The van der Waals surface area contributed by atoms with Crippen LogP contribution in [0.5, 0.6) is 0 Å². The highest BCUT2D eigenvalue weighted by Crippen LogP contribution is 2.37. The third-order valence-corrected chi connectivity index (χ3v) is 6.21. The summed E-state index contributed by atoms with van der Waals surface area (Å²) in [6.45, 7) is 1.30. The van der Waals surface area contributed by atoms with Crippen LogP contribution in [0.25, 0.3) is 5.69 Å². The highest BCUT2D eigenvalue weighted by molar-refractivity contribution is 7.90. The van der Waals surface area contributed by atoms with Crippen molar-refractivity contribution in [2.24, 2.45) is 0 Å². The SMILES string of the molecule is Cc1c(C(=O)NS(=O)(=O)c2cc(C(F)(F)F)cc(C(F)(F)F)c2)nnn1-c1cc(Cl)ccc1Cl. The number of benzene rings is 2. The molecule has 0 fully saturated rings. The Hall–Kier alpha value is -2.84. The first-order valence-corrected chi connectivity index (χ1v) is 11.0. The molecule has 0 bridgehead atoms. The lowest BCUT2D eigenvalue weighted by molar-refractivity contribution is -0.143. The molecule has 16 heteroatoms. The van der Waals surface area contributed by atoms with Crippen LogP contribution >= 0.6 is 23.2 Å². The van der Waals surface area contributed by atoms with Crippen LogP contribution in [0.15, 0.2) is 41.3 Å². The molecule has 1 aromatic heterocycles. The van der Waals surface area contributed by atoms with Crippen LogP contribution in [0.3, 0.4) is 0 Å². The van der Waals surface area contributed by atoms with Crippen molar-refractivity contribution in [3.05, 3.63) is 69.0 Å². The van der Waals surface area contributed by atoms with E-state index in [1.807, 2.05) is 0 Å². The van der Waals surface area contributed by atoms with E-state index in [0.29, 0.717) is 0 Å². The van der Waals surface area contributed by atoms with Gasteiger partial charge in [0, 0.05) is 5.02 Å². The maximum atomic E-state index is 13.0. The molecular formula is C18H10Cl2F6N4O3S. The molecule has 0 aliphatic heterocycles. The molecule has 0 unspecified atom stereocenters. The lowest BCUT2D eigenvalue weighted by Gasteiger charge is -2.14. The molecule has 1 amide bonds. The van der Waals surface area contributed by atoms with Crippen molar-refractivity contribution in [2.75, 3.05) is 0 Å². The van der Waals surface area contributed by atoms with Crippen molar-refractivity contribution in [1.29, 1.82) is 0 Å². The summed E-state index contributed by atoms with van der Waals surface area (Å²) in [7, 11) is -5.18. The van der Waals surface area contributed by atoms with Crippen LogP contribution in [0.4, 0.5) is 26.3 Å². The van der Waals surface area contributed by atoms with Gasteiger partial charge in [0.15, 0.2) is 5.69 Å². The van der Waals surface area contributed by atoms with Gasteiger partial charge in [0.2, 0.25) is 0 Å². The zero-order valence-corrected chi connectivity index (χ0v) is 18.8. The van der Waals surface area contributed by atoms with Gasteiger partial charge in [-0.25, -0.2) is 17.8 Å². The van der Waals surface area contributed by atoms with E-state index in [0.717, 1.165) is 4.68 Å². The second-order valence-electron chi connectivity index (χ2n) is 6.71. The third-order valence-electron chi connectivity index (χ3n) is 4.34. The van der Waals surface area contributed by atoms with Gasteiger partial charge >= 0.3 is 12.4 Å². The quantitative estimate of drug-likeness (QED) is 0.463. The molecule has 3 rings (SSSR count). The highest BCUT2D eigenvalue weighted by atomic mass is 35.5. The summed E-state index contributed by atoms with van der Waals surface area (Å²) in [4.78, 5) is 11.1. The molecule has 0 atom stereocenters. The predicted molar refractivity (Wildman–Crippen MR) is 107 cm³/mol. The molecule has 1 N–H and O–H groups in total. The average Bonchev–Trinajstić information content (AvgIpc) is 3.09. The molecular weight excluding hydrogens is 537 g/mol. The Bertz CT molecular complexity index is 1360. The molecule has 7 nitrogen and oxygen atoms in total. The van der Waals surface area contributed by atoms with Crippen molar-refractivity contribution >= 4 is 39.1 Å². The van der Waals surface area contributed by atoms with Crippen molar-refractivity contribution in [1.82, 2.24) is 19.7 Å². The van der Waals surface area contributed by atoms with Crippen LogP contribution in [-0.4, -0.2) is 29.3 Å². The molecule has 0 spiro atoms. The van der Waals surface area contributed by atoms with Crippen molar-refractivity contribution in [3.8, 4) is 5.69 Å². The Kier molecular flexibility index (Phi) is 6.63. The van der Waals surface area contributed by atoms with Crippen LogP contribution in [0.1, 0.15) is 27.3 Å². The molecule has 0 aliphatic rings. The standard InChI is InChI=1S/C18H10Cl2F6N4O3S/c1-8-15(27-29-30(8)14-7-11(19)2-3-13(14)20)16(31)28-34(32,33)12-5-9(17(21,22)23)4-10(6-12)18(24,25)26/h2-7H,1H3,(H,28,31). The van der Waals surface area contributed by atoms with Gasteiger partial charge in [-0.2, -0.15) is 26.3 Å². The largest absolute Gasteiger partial charge is 0.416 e. The third kappa shape index (κ3) is 5.28. The molecule has 182 valence electrons. The van der Waals surface area contributed by atoms with Crippen LogP contribution < -0.4 is 4.72 Å². The number of aromatic nitrogens is 3. The van der Waals surface area contributed by atoms with Gasteiger partial charge in [-0.1, -0.05) is 28.4 Å². The number of amides is 1.